The lowest BCUT2D eigenvalue weighted by atomic mass is 9.98. The van der Waals surface area contributed by atoms with Gasteiger partial charge in [-0.05, 0) is 57.5 Å². The Balaban J connectivity index is 2.10. The molecular formula is C15H21BrN2O. The van der Waals surface area contributed by atoms with Gasteiger partial charge in [0.2, 0.25) is 0 Å². The SMILES string of the molecule is CNCCC1CCCCN1C(=O)c1cccc(Br)c1. The van der Waals surface area contributed by atoms with E-state index < -0.39 is 0 Å². The van der Waals surface area contributed by atoms with E-state index in [-0.39, 0.29) is 5.91 Å². The highest BCUT2D eigenvalue weighted by molar-refractivity contribution is 9.10. The molecule has 104 valence electrons. The average molecular weight is 325 g/mol. The lowest BCUT2D eigenvalue weighted by Gasteiger charge is -2.36. The van der Waals surface area contributed by atoms with Crippen LogP contribution in [0.3, 0.4) is 0 Å². The molecule has 1 saturated heterocycles. The molecular weight excluding hydrogens is 304 g/mol. The van der Waals surface area contributed by atoms with Crippen molar-refractivity contribution in [2.45, 2.75) is 31.7 Å². The highest BCUT2D eigenvalue weighted by Gasteiger charge is 2.26. The summed E-state index contributed by atoms with van der Waals surface area (Å²) in [6.45, 7) is 1.85. The summed E-state index contributed by atoms with van der Waals surface area (Å²) in [5.41, 5.74) is 0.783. The monoisotopic (exact) mass is 324 g/mol. The molecule has 1 heterocycles. The first kappa shape index (κ1) is 14.5. The Bertz CT molecular complexity index is 436. The minimum Gasteiger partial charge on any atom is -0.336 e. The van der Waals surface area contributed by atoms with E-state index in [4.69, 9.17) is 0 Å². The van der Waals surface area contributed by atoms with Crippen LogP contribution in [0.4, 0.5) is 0 Å². The number of likely N-dealkylation sites (tertiary alicyclic amines) is 1. The van der Waals surface area contributed by atoms with Gasteiger partial charge in [0, 0.05) is 22.6 Å². The van der Waals surface area contributed by atoms with E-state index in [0.29, 0.717) is 6.04 Å². The fourth-order valence-corrected chi connectivity index (χ4v) is 3.07. The maximum atomic E-state index is 12.6. The number of carbonyl (C=O) groups is 1. The number of amides is 1. The van der Waals surface area contributed by atoms with Gasteiger partial charge < -0.3 is 10.2 Å². The van der Waals surface area contributed by atoms with Crippen LogP contribution < -0.4 is 5.32 Å². The number of piperidine rings is 1. The predicted octanol–water partition coefficient (Wildman–Crippen LogP) is 3.05. The zero-order valence-electron chi connectivity index (χ0n) is 11.4. The molecule has 19 heavy (non-hydrogen) atoms. The van der Waals surface area contributed by atoms with E-state index in [9.17, 15) is 4.79 Å². The topological polar surface area (TPSA) is 32.3 Å². The van der Waals surface area contributed by atoms with Gasteiger partial charge in [0.25, 0.3) is 5.91 Å². The maximum Gasteiger partial charge on any atom is 0.254 e. The Kier molecular flexibility index (Phi) is 5.40. The van der Waals surface area contributed by atoms with Crippen LogP contribution in [0.25, 0.3) is 0 Å². The molecule has 1 aliphatic heterocycles. The van der Waals surface area contributed by atoms with Gasteiger partial charge in [-0.3, -0.25) is 4.79 Å². The smallest absolute Gasteiger partial charge is 0.254 e. The molecule has 4 heteroatoms. The number of halogens is 1. The third-order valence-electron chi connectivity index (χ3n) is 3.69. The molecule has 1 N–H and O–H groups in total. The fourth-order valence-electron chi connectivity index (χ4n) is 2.67. The van der Waals surface area contributed by atoms with Crippen molar-refractivity contribution in [1.29, 1.82) is 0 Å². The standard InChI is InChI=1S/C15H21BrN2O/c1-17-9-8-14-7-2-3-10-18(14)15(19)12-5-4-6-13(16)11-12/h4-6,11,14,17H,2-3,7-10H2,1H3. The minimum atomic E-state index is 0.169. The van der Waals surface area contributed by atoms with Gasteiger partial charge in [-0.15, -0.1) is 0 Å². The normalized spacial score (nSPS) is 19.5. The van der Waals surface area contributed by atoms with E-state index in [1.807, 2.05) is 31.3 Å². The van der Waals surface area contributed by atoms with Crippen LogP contribution in [-0.2, 0) is 0 Å². The molecule has 0 aliphatic carbocycles. The predicted molar refractivity (Wildman–Crippen MR) is 81.4 cm³/mol. The summed E-state index contributed by atoms with van der Waals surface area (Å²) < 4.78 is 0.960. The number of benzene rings is 1. The summed E-state index contributed by atoms with van der Waals surface area (Å²) in [6.07, 6.45) is 4.52. The number of hydrogen-bond donors (Lipinski definition) is 1. The van der Waals surface area contributed by atoms with Crippen LogP contribution in [0.2, 0.25) is 0 Å². The summed E-state index contributed by atoms with van der Waals surface area (Å²) in [7, 11) is 1.96. The average Bonchev–Trinajstić information content (AvgIpc) is 2.44. The molecule has 3 nitrogen and oxygen atoms in total. The van der Waals surface area contributed by atoms with Crippen molar-refractivity contribution in [2.75, 3.05) is 20.1 Å². The largest absolute Gasteiger partial charge is 0.336 e. The molecule has 1 aliphatic rings. The lowest BCUT2D eigenvalue weighted by molar-refractivity contribution is 0.0602. The highest BCUT2D eigenvalue weighted by Crippen LogP contribution is 2.22. The van der Waals surface area contributed by atoms with E-state index >= 15 is 0 Å². The molecule has 0 saturated carbocycles. The Labute approximate surface area is 123 Å². The van der Waals surface area contributed by atoms with Gasteiger partial charge in [0.15, 0.2) is 0 Å². The van der Waals surface area contributed by atoms with E-state index in [1.54, 1.807) is 0 Å². The second-order valence-electron chi connectivity index (χ2n) is 5.05. The molecule has 1 atom stereocenters. The summed E-state index contributed by atoms with van der Waals surface area (Å²) in [4.78, 5) is 14.7. The first-order valence-electron chi connectivity index (χ1n) is 6.93. The zero-order valence-corrected chi connectivity index (χ0v) is 12.9. The number of rotatable bonds is 4. The Morgan fingerprint density at radius 1 is 1.47 bits per heavy atom. The first-order chi connectivity index (χ1) is 9.22. The van der Waals surface area contributed by atoms with Gasteiger partial charge in [0.1, 0.15) is 0 Å². The van der Waals surface area contributed by atoms with Crippen molar-refractivity contribution in [3.8, 4) is 0 Å². The van der Waals surface area contributed by atoms with Crippen LogP contribution >= 0.6 is 15.9 Å². The maximum absolute atomic E-state index is 12.6. The third kappa shape index (κ3) is 3.80. The quantitative estimate of drug-likeness (QED) is 0.923. The van der Waals surface area contributed by atoms with Crippen LogP contribution in [0, 0.1) is 0 Å². The van der Waals surface area contributed by atoms with Crippen molar-refractivity contribution in [3.63, 3.8) is 0 Å². The molecule has 0 spiro atoms. The van der Waals surface area contributed by atoms with Crippen LogP contribution in [0.5, 0.6) is 0 Å². The molecule has 1 amide bonds. The molecule has 1 fully saturated rings. The molecule has 1 aromatic rings. The number of nitrogens with zero attached hydrogens (tertiary/aromatic N) is 1. The lowest BCUT2D eigenvalue weighted by Crippen LogP contribution is -2.44. The molecule has 0 radical (unpaired) electrons. The second-order valence-corrected chi connectivity index (χ2v) is 5.97. The molecule has 2 rings (SSSR count). The number of hydrogen-bond acceptors (Lipinski definition) is 2. The van der Waals surface area contributed by atoms with Crippen molar-refractivity contribution >= 4 is 21.8 Å². The number of carbonyl (C=O) groups excluding carboxylic acids is 1. The van der Waals surface area contributed by atoms with E-state index in [2.05, 4.69) is 26.1 Å². The highest BCUT2D eigenvalue weighted by atomic mass is 79.9. The number of nitrogens with one attached hydrogen (secondary N) is 1. The van der Waals surface area contributed by atoms with Gasteiger partial charge in [0.05, 0.1) is 0 Å². The van der Waals surface area contributed by atoms with Crippen molar-refractivity contribution in [1.82, 2.24) is 10.2 Å². The van der Waals surface area contributed by atoms with Gasteiger partial charge in [-0.2, -0.15) is 0 Å². The van der Waals surface area contributed by atoms with Crippen molar-refractivity contribution in [2.24, 2.45) is 0 Å². The molecule has 0 aromatic heterocycles. The molecule has 0 bridgehead atoms. The van der Waals surface area contributed by atoms with Crippen molar-refractivity contribution in [3.05, 3.63) is 34.3 Å². The summed E-state index contributed by atoms with van der Waals surface area (Å²) in [5.74, 6) is 0.169. The summed E-state index contributed by atoms with van der Waals surface area (Å²) in [6, 6.07) is 8.06. The molecule has 1 aromatic carbocycles. The van der Waals surface area contributed by atoms with E-state index in [1.165, 1.54) is 6.42 Å². The van der Waals surface area contributed by atoms with Crippen LogP contribution in [0.15, 0.2) is 28.7 Å². The van der Waals surface area contributed by atoms with Crippen LogP contribution in [0.1, 0.15) is 36.0 Å². The van der Waals surface area contributed by atoms with Gasteiger partial charge in [-0.25, -0.2) is 0 Å². The minimum absolute atomic E-state index is 0.169. The van der Waals surface area contributed by atoms with Crippen molar-refractivity contribution < 1.29 is 4.79 Å². The second kappa shape index (κ2) is 7.06. The third-order valence-corrected chi connectivity index (χ3v) is 4.18. The van der Waals surface area contributed by atoms with Crippen LogP contribution in [-0.4, -0.2) is 37.0 Å². The summed E-state index contributed by atoms with van der Waals surface area (Å²) >= 11 is 3.43. The Morgan fingerprint density at radius 3 is 3.05 bits per heavy atom. The van der Waals surface area contributed by atoms with Gasteiger partial charge >= 0.3 is 0 Å². The first-order valence-corrected chi connectivity index (χ1v) is 7.73. The van der Waals surface area contributed by atoms with E-state index in [0.717, 1.165) is 42.4 Å². The Morgan fingerprint density at radius 2 is 2.32 bits per heavy atom. The zero-order chi connectivity index (χ0) is 13.7. The van der Waals surface area contributed by atoms with Gasteiger partial charge in [-0.1, -0.05) is 22.0 Å². The Hall–Kier alpha value is -0.870. The molecule has 1 unspecified atom stereocenters. The fraction of sp³-hybridized carbons (Fsp3) is 0.533. The summed E-state index contributed by atoms with van der Waals surface area (Å²) in [5, 5.41) is 3.18.